The van der Waals surface area contributed by atoms with Gasteiger partial charge in [0.15, 0.2) is 11.6 Å². The Kier molecular flexibility index (Phi) is 8.15. The summed E-state index contributed by atoms with van der Waals surface area (Å²) in [4.78, 5) is 27.3. The minimum absolute atomic E-state index is 0.0934. The number of aryl methyl sites for hydroxylation is 2. The topological polar surface area (TPSA) is 79.3 Å². The number of nitrogens with zero attached hydrogens (tertiary/aromatic N) is 3. The molecule has 9 heteroatoms. The van der Waals surface area contributed by atoms with Crippen LogP contribution < -0.4 is 10.6 Å². The van der Waals surface area contributed by atoms with E-state index in [0.717, 1.165) is 34.5 Å². The number of aromatic nitrogens is 2. The van der Waals surface area contributed by atoms with Gasteiger partial charge in [-0.25, -0.2) is 18.3 Å². The quantitative estimate of drug-likeness (QED) is 0.287. The van der Waals surface area contributed by atoms with Crippen LogP contribution in [0.2, 0.25) is 0 Å². The van der Waals surface area contributed by atoms with Crippen molar-refractivity contribution in [3.63, 3.8) is 0 Å². The van der Waals surface area contributed by atoms with Gasteiger partial charge in [0.1, 0.15) is 12.4 Å². The summed E-state index contributed by atoms with van der Waals surface area (Å²) in [6, 6.07) is 19.9. The fraction of sp³-hybridized carbons (Fsp3) is 0.207. The van der Waals surface area contributed by atoms with E-state index in [-0.39, 0.29) is 18.8 Å². The van der Waals surface area contributed by atoms with Gasteiger partial charge < -0.3 is 15.5 Å². The first kappa shape index (κ1) is 26.5. The Bertz CT molecular complexity index is 1450. The average Bonchev–Trinajstić information content (AvgIpc) is 3.29. The Hall–Kier alpha value is -4.53. The Morgan fingerprint density at radius 3 is 2.37 bits per heavy atom. The zero-order valence-electron chi connectivity index (χ0n) is 21.5. The van der Waals surface area contributed by atoms with Gasteiger partial charge in [0, 0.05) is 29.9 Å². The van der Waals surface area contributed by atoms with Gasteiger partial charge in [-0.2, -0.15) is 5.10 Å². The zero-order valence-corrected chi connectivity index (χ0v) is 21.5. The van der Waals surface area contributed by atoms with Crippen molar-refractivity contribution in [2.75, 3.05) is 23.7 Å². The molecule has 0 unspecified atom stereocenters. The smallest absolute Gasteiger partial charge is 0.315 e. The molecule has 0 aliphatic rings. The van der Waals surface area contributed by atoms with Crippen molar-refractivity contribution in [1.29, 1.82) is 0 Å². The summed E-state index contributed by atoms with van der Waals surface area (Å²) in [7, 11) is 0. The number of hydrogen-bond donors (Lipinski definition) is 2. The Balaban J connectivity index is 1.57. The number of carbonyl (C=O) groups is 2. The van der Waals surface area contributed by atoms with Crippen LogP contribution in [0.25, 0.3) is 16.9 Å². The second-order valence-electron chi connectivity index (χ2n) is 9.01. The number of benzene rings is 3. The van der Waals surface area contributed by atoms with Crippen molar-refractivity contribution in [3.05, 3.63) is 95.6 Å². The molecule has 0 saturated heterocycles. The lowest BCUT2D eigenvalue weighted by molar-refractivity contribution is -0.116. The van der Waals surface area contributed by atoms with Gasteiger partial charge in [-0.15, -0.1) is 0 Å². The summed E-state index contributed by atoms with van der Waals surface area (Å²) < 4.78 is 28.5. The van der Waals surface area contributed by atoms with Crippen LogP contribution in [0.3, 0.4) is 0 Å². The number of urea groups is 1. The molecule has 0 saturated carbocycles. The van der Waals surface area contributed by atoms with E-state index in [0.29, 0.717) is 17.9 Å². The van der Waals surface area contributed by atoms with E-state index in [1.807, 2.05) is 69.3 Å². The van der Waals surface area contributed by atoms with Gasteiger partial charge in [0.05, 0.1) is 11.4 Å². The molecule has 0 aliphatic carbocycles. The monoisotopic (exact) mass is 517 g/mol. The van der Waals surface area contributed by atoms with Gasteiger partial charge in [0.2, 0.25) is 5.91 Å². The first-order valence-electron chi connectivity index (χ1n) is 12.3. The normalized spacial score (nSPS) is 10.8. The molecular formula is C29H29F2N5O2. The minimum Gasteiger partial charge on any atom is -0.315 e. The molecule has 3 aromatic carbocycles. The van der Waals surface area contributed by atoms with E-state index in [1.54, 1.807) is 10.7 Å². The highest BCUT2D eigenvalue weighted by Crippen LogP contribution is 2.26. The summed E-state index contributed by atoms with van der Waals surface area (Å²) in [5.41, 5.74) is 4.58. The van der Waals surface area contributed by atoms with E-state index in [2.05, 4.69) is 10.6 Å². The molecule has 0 spiro atoms. The summed E-state index contributed by atoms with van der Waals surface area (Å²) in [6.07, 6.45) is 0.594. The van der Waals surface area contributed by atoms with Gasteiger partial charge >= 0.3 is 6.03 Å². The van der Waals surface area contributed by atoms with Crippen LogP contribution >= 0.6 is 0 Å². The third kappa shape index (κ3) is 6.23. The number of halogens is 2. The molecule has 3 amide bonds. The van der Waals surface area contributed by atoms with Crippen LogP contribution in [0.15, 0.2) is 72.8 Å². The Morgan fingerprint density at radius 2 is 1.68 bits per heavy atom. The van der Waals surface area contributed by atoms with E-state index in [4.69, 9.17) is 5.10 Å². The molecule has 4 rings (SSSR count). The van der Waals surface area contributed by atoms with Gasteiger partial charge in [0.25, 0.3) is 0 Å². The molecule has 0 radical (unpaired) electrons. The third-order valence-corrected chi connectivity index (χ3v) is 5.91. The maximum Gasteiger partial charge on any atom is 0.322 e. The van der Waals surface area contributed by atoms with E-state index >= 15 is 0 Å². The highest BCUT2D eigenvalue weighted by molar-refractivity contribution is 5.97. The van der Waals surface area contributed by atoms with Gasteiger partial charge in [-0.05, 0) is 44.0 Å². The lowest BCUT2D eigenvalue weighted by Crippen LogP contribution is -2.41. The molecule has 7 nitrogen and oxygen atoms in total. The highest BCUT2D eigenvalue weighted by Gasteiger charge is 2.20. The molecule has 2 N–H and O–H groups in total. The Labute approximate surface area is 220 Å². The second-order valence-corrected chi connectivity index (χ2v) is 9.01. The predicted molar refractivity (Wildman–Crippen MR) is 144 cm³/mol. The molecule has 0 atom stereocenters. The molecule has 0 bridgehead atoms. The molecule has 1 heterocycles. The van der Waals surface area contributed by atoms with Crippen molar-refractivity contribution in [3.8, 4) is 16.9 Å². The first-order chi connectivity index (χ1) is 18.2. The number of hydrogen-bond acceptors (Lipinski definition) is 3. The molecule has 0 aliphatic heterocycles. The summed E-state index contributed by atoms with van der Waals surface area (Å²) in [5, 5.41) is 10.2. The minimum atomic E-state index is -1.07. The maximum atomic E-state index is 13.6. The predicted octanol–water partition coefficient (Wildman–Crippen LogP) is 6.32. The summed E-state index contributed by atoms with van der Waals surface area (Å²) in [5.74, 6) is -2.05. The largest absolute Gasteiger partial charge is 0.322 e. The van der Waals surface area contributed by atoms with Crippen LogP contribution in [0.5, 0.6) is 0 Å². The van der Waals surface area contributed by atoms with E-state index < -0.39 is 23.6 Å². The molecule has 0 fully saturated rings. The molecular weight excluding hydrogens is 488 g/mol. The molecule has 1 aromatic heterocycles. The lowest BCUT2D eigenvalue weighted by Gasteiger charge is -2.22. The fourth-order valence-electron chi connectivity index (χ4n) is 4.10. The third-order valence-electron chi connectivity index (χ3n) is 5.91. The SMILES string of the molecule is CCCN(CC(=O)Nc1cc(-c2ccccc2)nn1-c1ccc(C)cc1C)C(=O)Nc1ccc(F)c(F)c1. The number of carbonyl (C=O) groups excluding carboxylic acids is 2. The van der Waals surface area contributed by atoms with Crippen LogP contribution in [0.4, 0.5) is 25.1 Å². The second kappa shape index (κ2) is 11.7. The lowest BCUT2D eigenvalue weighted by atomic mass is 10.1. The molecule has 196 valence electrons. The number of nitrogens with one attached hydrogen (secondary N) is 2. The first-order valence-corrected chi connectivity index (χ1v) is 12.3. The highest BCUT2D eigenvalue weighted by atomic mass is 19.2. The van der Waals surface area contributed by atoms with Crippen LogP contribution in [-0.4, -0.2) is 39.7 Å². The summed E-state index contributed by atoms with van der Waals surface area (Å²) >= 11 is 0. The number of rotatable bonds is 8. The number of anilines is 2. The standard InChI is InChI=1S/C29H29F2N5O2/c1-4-14-35(29(38)32-22-11-12-23(30)24(31)16-22)18-28(37)33-27-17-25(21-8-6-5-7-9-21)34-36(27)26-13-10-19(2)15-20(26)3/h5-13,15-17H,4,14,18H2,1-3H3,(H,32,38)(H,33,37). The van der Waals surface area contributed by atoms with Crippen molar-refractivity contribution >= 4 is 23.4 Å². The van der Waals surface area contributed by atoms with Crippen molar-refractivity contribution < 1.29 is 18.4 Å². The van der Waals surface area contributed by atoms with E-state index in [9.17, 15) is 18.4 Å². The van der Waals surface area contributed by atoms with Crippen molar-refractivity contribution in [2.24, 2.45) is 0 Å². The van der Waals surface area contributed by atoms with Crippen molar-refractivity contribution in [2.45, 2.75) is 27.2 Å². The average molecular weight is 518 g/mol. The molecule has 38 heavy (non-hydrogen) atoms. The van der Waals surface area contributed by atoms with Crippen LogP contribution in [0.1, 0.15) is 24.5 Å². The van der Waals surface area contributed by atoms with Crippen LogP contribution in [-0.2, 0) is 4.79 Å². The Morgan fingerprint density at radius 1 is 0.921 bits per heavy atom. The fourth-order valence-corrected chi connectivity index (χ4v) is 4.10. The van der Waals surface area contributed by atoms with E-state index in [1.165, 1.54) is 11.0 Å². The van der Waals surface area contributed by atoms with Gasteiger partial charge in [-0.3, -0.25) is 4.79 Å². The molecule has 4 aromatic rings. The van der Waals surface area contributed by atoms with Gasteiger partial charge in [-0.1, -0.05) is 55.0 Å². The van der Waals surface area contributed by atoms with Crippen molar-refractivity contribution in [1.82, 2.24) is 14.7 Å². The number of amides is 3. The zero-order chi connectivity index (χ0) is 27.2. The summed E-state index contributed by atoms with van der Waals surface area (Å²) in [6.45, 7) is 5.89. The van der Waals surface area contributed by atoms with Crippen LogP contribution in [0, 0.1) is 25.5 Å². The maximum absolute atomic E-state index is 13.6.